The quantitative estimate of drug-likeness (QED) is 0.926. The van der Waals surface area contributed by atoms with E-state index in [1.165, 1.54) is 0 Å². The maximum atomic E-state index is 13.6. The molecule has 19 heavy (non-hydrogen) atoms. The van der Waals surface area contributed by atoms with Gasteiger partial charge in [-0.3, -0.25) is 0 Å². The number of nitrogens with zero attached hydrogens (tertiary/aromatic N) is 3. The minimum Gasteiger partial charge on any atom is -0.476 e. The fourth-order valence-corrected chi connectivity index (χ4v) is 1.70. The largest absolute Gasteiger partial charge is 0.476 e. The number of hydrogen-bond donors (Lipinski definition) is 1. The van der Waals surface area contributed by atoms with Crippen molar-refractivity contribution in [1.82, 2.24) is 15.0 Å². The molecule has 100 valence electrons. The molecule has 0 fully saturated rings. The zero-order valence-electron chi connectivity index (χ0n) is 9.69. The number of aromatic carboxylic acids is 1. The Kier molecular flexibility index (Phi) is 3.24. The second kappa shape index (κ2) is 4.71. The van der Waals surface area contributed by atoms with Gasteiger partial charge in [0.05, 0.1) is 5.69 Å². The summed E-state index contributed by atoms with van der Waals surface area (Å²) in [6, 6.07) is 0.972. The molecule has 0 amide bonds. The van der Waals surface area contributed by atoms with Crippen molar-refractivity contribution in [3.8, 4) is 5.69 Å². The highest BCUT2D eigenvalue weighted by atomic mass is 19.1. The number of hydrogen-bond acceptors (Lipinski definition) is 3. The molecule has 0 spiro atoms. The van der Waals surface area contributed by atoms with E-state index >= 15 is 0 Å². The average Bonchev–Trinajstić information content (AvgIpc) is 2.71. The SMILES string of the molecule is CCc1c(C(=O)O)nnn1-c1c(F)cc(F)cc1F. The minimum atomic E-state index is -1.36. The van der Waals surface area contributed by atoms with Gasteiger partial charge in [-0.2, -0.15) is 0 Å². The normalized spacial score (nSPS) is 10.7. The Balaban J connectivity index is 2.69. The lowest BCUT2D eigenvalue weighted by Gasteiger charge is -2.07. The Hall–Kier alpha value is -2.38. The van der Waals surface area contributed by atoms with Crippen LogP contribution in [0.15, 0.2) is 12.1 Å². The van der Waals surface area contributed by atoms with Crippen LogP contribution in [-0.4, -0.2) is 26.1 Å². The summed E-state index contributed by atoms with van der Waals surface area (Å²) in [5.41, 5.74) is -1.03. The molecule has 0 unspecified atom stereocenters. The highest BCUT2D eigenvalue weighted by Gasteiger charge is 2.23. The van der Waals surface area contributed by atoms with Crippen molar-refractivity contribution in [3.05, 3.63) is 41.0 Å². The average molecular weight is 271 g/mol. The van der Waals surface area contributed by atoms with Crippen LogP contribution in [0.1, 0.15) is 23.1 Å². The van der Waals surface area contributed by atoms with Crippen LogP contribution in [0.3, 0.4) is 0 Å². The third-order valence-corrected chi connectivity index (χ3v) is 2.49. The van der Waals surface area contributed by atoms with E-state index in [1.807, 2.05) is 0 Å². The molecule has 2 aromatic rings. The van der Waals surface area contributed by atoms with E-state index in [4.69, 9.17) is 5.11 Å². The Morgan fingerprint density at radius 2 is 1.89 bits per heavy atom. The summed E-state index contributed by atoms with van der Waals surface area (Å²) >= 11 is 0. The Morgan fingerprint density at radius 1 is 1.32 bits per heavy atom. The predicted octanol–water partition coefficient (Wildman–Crippen LogP) is 1.95. The minimum absolute atomic E-state index is 0.0249. The first-order chi connectivity index (χ1) is 8.95. The van der Waals surface area contributed by atoms with Crippen LogP contribution in [0.2, 0.25) is 0 Å². The van der Waals surface area contributed by atoms with Gasteiger partial charge in [-0.1, -0.05) is 12.1 Å². The molecule has 8 heteroatoms. The zero-order valence-corrected chi connectivity index (χ0v) is 9.69. The first-order valence-electron chi connectivity index (χ1n) is 5.28. The van der Waals surface area contributed by atoms with Gasteiger partial charge in [0.15, 0.2) is 17.3 Å². The molecule has 5 nitrogen and oxygen atoms in total. The number of carboxylic acids is 1. The lowest BCUT2D eigenvalue weighted by atomic mass is 10.2. The van der Waals surface area contributed by atoms with Gasteiger partial charge in [-0.15, -0.1) is 5.10 Å². The van der Waals surface area contributed by atoms with E-state index in [9.17, 15) is 18.0 Å². The van der Waals surface area contributed by atoms with Gasteiger partial charge in [-0.25, -0.2) is 22.6 Å². The standard InChI is InChI=1S/C11H8F3N3O2/c1-2-8-9(11(18)19)15-16-17(8)10-6(13)3-5(12)4-7(10)14/h3-4H,2H2,1H3,(H,18,19). The molecule has 0 aliphatic carbocycles. The molecule has 2 rings (SSSR count). The Labute approximate surface area is 105 Å². The van der Waals surface area contributed by atoms with Crippen LogP contribution >= 0.6 is 0 Å². The highest BCUT2D eigenvalue weighted by molar-refractivity contribution is 5.86. The molecule has 0 saturated heterocycles. The van der Waals surface area contributed by atoms with E-state index in [2.05, 4.69) is 10.3 Å². The molecule has 0 bridgehead atoms. The second-order valence-corrected chi connectivity index (χ2v) is 3.67. The first-order valence-corrected chi connectivity index (χ1v) is 5.28. The molecule has 0 atom stereocenters. The molecule has 1 N–H and O–H groups in total. The van der Waals surface area contributed by atoms with Crippen LogP contribution in [0, 0.1) is 17.5 Å². The van der Waals surface area contributed by atoms with Gasteiger partial charge in [0.25, 0.3) is 0 Å². The Morgan fingerprint density at radius 3 is 2.37 bits per heavy atom. The summed E-state index contributed by atoms with van der Waals surface area (Å²) in [5, 5.41) is 15.6. The summed E-state index contributed by atoms with van der Waals surface area (Å²) < 4.78 is 40.8. The number of aromatic nitrogens is 3. The fourth-order valence-electron chi connectivity index (χ4n) is 1.70. The number of rotatable bonds is 3. The third kappa shape index (κ3) is 2.16. The van der Waals surface area contributed by atoms with Crippen molar-refractivity contribution in [3.63, 3.8) is 0 Å². The monoisotopic (exact) mass is 271 g/mol. The van der Waals surface area contributed by atoms with E-state index in [0.29, 0.717) is 12.1 Å². The maximum absolute atomic E-state index is 13.6. The van der Waals surface area contributed by atoms with Crippen LogP contribution in [-0.2, 0) is 6.42 Å². The summed E-state index contributed by atoms with van der Waals surface area (Å²) in [6.07, 6.45) is 0.144. The van der Waals surface area contributed by atoms with Crippen molar-refractivity contribution in [2.45, 2.75) is 13.3 Å². The van der Waals surface area contributed by atoms with Gasteiger partial charge < -0.3 is 5.11 Å². The number of halogens is 3. The van der Waals surface area contributed by atoms with Gasteiger partial charge in [0, 0.05) is 12.1 Å². The van der Waals surface area contributed by atoms with Crippen LogP contribution in [0.5, 0.6) is 0 Å². The molecule has 1 aromatic carbocycles. The second-order valence-electron chi connectivity index (χ2n) is 3.67. The lowest BCUT2D eigenvalue weighted by molar-refractivity contribution is 0.0689. The molecule has 1 aromatic heterocycles. The van der Waals surface area contributed by atoms with Crippen LogP contribution in [0.25, 0.3) is 5.69 Å². The van der Waals surface area contributed by atoms with Crippen molar-refractivity contribution >= 4 is 5.97 Å². The van der Waals surface area contributed by atoms with Gasteiger partial charge in [0.1, 0.15) is 11.5 Å². The van der Waals surface area contributed by atoms with Crippen molar-refractivity contribution in [2.24, 2.45) is 0 Å². The fraction of sp³-hybridized carbons (Fsp3) is 0.182. The highest BCUT2D eigenvalue weighted by Crippen LogP contribution is 2.21. The molecule has 0 aliphatic rings. The number of benzene rings is 1. The van der Waals surface area contributed by atoms with E-state index in [-0.39, 0.29) is 12.1 Å². The van der Waals surface area contributed by atoms with Crippen molar-refractivity contribution < 1.29 is 23.1 Å². The zero-order chi connectivity index (χ0) is 14.2. The summed E-state index contributed by atoms with van der Waals surface area (Å²) in [7, 11) is 0. The van der Waals surface area contributed by atoms with Crippen molar-refractivity contribution in [2.75, 3.05) is 0 Å². The lowest BCUT2D eigenvalue weighted by Crippen LogP contribution is -2.09. The van der Waals surface area contributed by atoms with Crippen LogP contribution in [0.4, 0.5) is 13.2 Å². The summed E-state index contributed by atoms with van der Waals surface area (Å²) in [6.45, 7) is 1.58. The smallest absolute Gasteiger partial charge is 0.358 e. The number of carbonyl (C=O) groups is 1. The summed E-state index contributed by atoms with van der Waals surface area (Å²) in [5.74, 6) is -4.80. The van der Waals surface area contributed by atoms with Gasteiger partial charge in [-0.05, 0) is 6.42 Å². The summed E-state index contributed by atoms with van der Waals surface area (Å²) in [4.78, 5) is 10.9. The van der Waals surface area contributed by atoms with E-state index in [1.54, 1.807) is 6.92 Å². The molecular formula is C11H8F3N3O2. The van der Waals surface area contributed by atoms with Crippen LogP contribution < -0.4 is 0 Å². The van der Waals surface area contributed by atoms with E-state index < -0.39 is 34.8 Å². The Bertz CT molecular complexity index is 632. The molecule has 0 radical (unpaired) electrons. The van der Waals surface area contributed by atoms with E-state index in [0.717, 1.165) is 4.68 Å². The topological polar surface area (TPSA) is 68.0 Å². The third-order valence-electron chi connectivity index (χ3n) is 2.49. The molecule has 0 saturated carbocycles. The predicted molar refractivity (Wildman–Crippen MR) is 57.6 cm³/mol. The first kappa shape index (κ1) is 13.1. The number of carboxylic acid groups (broad SMARTS) is 1. The molecular weight excluding hydrogens is 263 g/mol. The molecule has 0 aliphatic heterocycles. The molecule has 1 heterocycles. The van der Waals surface area contributed by atoms with Gasteiger partial charge >= 0.3 is 5.97 Å². The maximum Gasteiger partial charge on any atom is 0.358 e. The van der Waals surface area contributed by atoms with Gasteiger partial charge in [0.2, 0.25) is 0 Å². The van der Waals surface area contributed by atoms with Crippen molar-refractivity contribution in [1.29, 1.82) is 0 Å².